The Kier molecular flexibility index (Phi) is 6.19. The molecule has 0 N–H and O–H groups in total. The fourth-order valence-electron chi connectivity index (χ4n) is 2.87. The quantitative estimate of drug-likeness (QED) is 0.778. The maximum Gasteiger partial charge on any atom is 0.410 e. The van der Waals surface area contributed by atoms with Crippen LogP contribution in [0.25, 0.3) is 0 Å². The number of amides is 1. The Hall–Kier alpha value is -1.62. The van der Waals surface area contributed by atoms with E-state index in [0.717, 1.165) is 38.1 Å². The number of hydrogen-bond donors (Lipinski definition) is 0. The van der Waals surface area contributed by atoms with Gasteiger partial charge in [-0.2, -0.15) is 0 Å². The molecule has 0 saturated carbocycles. The molecule has 22 heavy (non-hydrogen) atoms. The minimum atomic E-state index is -0.256. The van der Waals surface area contributed by atoms with Crippen molar-refractivity contribution in [2.75, 3.05) is 13.2 Å². The number of halogens is 1. The number of piperidine rings is 1. The van der Waals surface area contributed by atoms with Gasteiger partial charge in [0.15, 0.2) is 0 Å². The van der Waals surface area contributed by atoms with Crippen LogP contribution in [0.1, 0.15) is 32.0 Å². The molecule has 0 radical (unpaired) electrons. The zero-order valence-corrected chi connectivity index (χ0v) is 13.6. The largest absolute Gasteiger partial charge is 0.445 e. The zero-order chi connectivity index (χ0) is 15.9. The molecule has 5 nitrogen and oxygen atoms in total. The van der Waals surface area contributed by atoms with E-state index in [1.165, 1.54) is 0 Å². The lowest BCUT2D eigenvalue weighted by molar-refractivity contribution is 0.0593. The highest BCUT2D eigenvalue weighted by molar-refractivity contribution is 6.30. The summed E-state index contributed by atoms with van der Waals surface area (Å²) in [6, 6.07) is 0.158. The van der Waals surface area contributed by atoms with Gasteiger partial charge >= 0.3 is 6.09 Å². The van der Waals surface area contributed by atoms with Gasteiger partial charge in [0, 0.05) is 31.4 Å². The molecule has 1 aliphatic rings. The maximum absolute atomic E-state index is 12.2. The molecule has 0 unspecified atom stereocenters. The SMILES string of the molecule is C=CCOC(=O)N1CCC[C@@H](C)[C@H]1CCc1ncc(Cl)cn1. The maximum atomic E-state index is 12.2. The van der Waals surface area contributed by atoms with Crippen LogP contribution < -0.4 is 0 Å². The van der Waals surface area contributed by atoms with Crippen LogP contribution >= 0.6 is 11.6 Å². The fraction of sp³-hybridized carbons (Fsp3) is 0.562. The topological polar surface area (TPSA) is 55.3 Å². The molecule has 0 aromatic carbocycles. The highest BCUT2D eigenvalue weighted by Gasteiger charge is 2.32. The molecule has 1 aliphatic heterocycles. The van der Waals surface area contributed by atoms with Gasteiger partial charge in [0.2, 0.25) is 0 Å². The third kappa shape index (κ3) is 4.44. The number of hydrogen-bond acceptors (Lipinski definition) is 4. The van der Waals surface area contributed by atoms with Crippen molar-refractivity contribution in [3.05, 3.63) is 35.9 Å². The number of likely N-dealkylation sites (tertiary alicyclic amines) is 1. The minimum Gasteiger partial charge on any atom is -0.445 e. The first-order valence-corrected chi connectivity index (χ1v) is 8.00. The summed E-state index contributed by atoms with van der Waals surface area (Å²) in [6.45, 7) is 6.74. The number of nitrogens with zero attached hydrogens (tertiary/aromatic N) is 3. The van der Waals surface area contributed by atoms with Crippen LogP contribution in [-0.4, -0.2) is 40.2 Å². The summed E-state index contributed by atoms with van der Waals surface area (Å²) in [5.41, 5.74) is 0. The first-order chi connectivity index (χ1) is 10.6. The van der Waals surface area contributed by atoms with Gasteiger partial charge in [0.05, 0.1) is 5.02 Å². The van der Waals surface area contributed by atoms with E-state index < -0.39 is 0 Å². The van der Waals surface area contributed by atoms with Gasteiger partial charge in [-0.15, -0.1) is 0 Å². The van der Waals surface area contributed by atoms with Crippen LogP contribution in [-0.2, 0) is 11.2 Å². The van der Waals surface area contributed by atoms with Crippen molar-refractivity contribution in [1.29, 1.82) is 0 Å². The third-order valence-corrected chi connectivity index (χ3v) is 4.21. The molecule has 0 bridgehead atoms. The number of carbonyl (C=O) groups is 1. The lowest BCUT2D eigenvalue weighted by Crippen LogP contribution is -2.48. The normalized spacial score (nSPS) is 21.5. The van der Waals surface area contributed by atoms with Gasteiger partial charge in [-0.3, -0.25) is 0 Å². The Morgan fingerprint density at radius 2 is 2.27 bits per heavy atom. The number of aromatic nitrogens is 2. The molecule has 1 aromatic heterocycles. The van der Waals surface area contributed by atoms with E-state index in [2.05, 4.69) is 23.5 Å². The number of carbonyl (C=O) groups excluding carboxylic acids is 1. The lowest BCUT2D eigenvalue weighted by Gasteiger charge is -2.39. The lowest BCUT2D eigenvalue weighted by atomic mass is 9.88. The van der Waals surface area contributed by atoms with Crippen molar-refractivity contribution in [3.63, 3.8) is 0 Å². The Labute approximate surface area is 136 Å². The molecule has 1 fully saturated rings. The highest BCUT2D eigenvalue weighted by atomic mass is 35.5. The van der Waals surface area contributed by atoms with Gasteiger partial charge in [0.1, 0.15) is 12.4 Å². The number of rotatable bonds is 5. The van der Waals surface area contributed by atoms with Gasteiger partial charge < -0.3 is 9.64 Å². The standard InChI is InChI=1S/C16H22ClN3O2/c1-3-9-22-16(21)20-8-4-5-12(2)14(20)6-7-15-18-10-13(17)11-19-15/h3,10-12,14H,1,4-9H2,2H3/t12-,14-/m1/s1. The molecule has 1 aromatic rings. The van der Waals surface area contributed by atoms with E-state index in [0.29, 0.717) is 10.9 Å². The molecular weight excluding hydrogens is 302 g/mol. The summed E-state index contributed by atoms with van der Waals surface area (Å²) in [4.78, 5) is 22.4. The Balaban J connectivity index is 1.98. The van der Waals surface area contributed by atoms with Crippen molar-refractivity contribution in [2.24, 2.45) is 5.92 Å². The van der Waals surface area contributed by atoms with Crippen molar-refractivity contribution >= 4 is 17.7 Å². The Bertz CT molecular complexity index is 507. The fourth-order valence-corrected chi connectivity index (χ4v) is 2.97. The predicted molar refractivity (Wildman–Crippen MR) is 85.8 cm³/mol. The van der Waals surface area contributed by atoms with Crippen LogP contribution in [0.4, 0.5) is 4.79 Å². The van der Waals surface area contributed by atoms with Crippen LogP contribution in [0.5, 0.6) is 0 Å². The Morgan fingerprint density at radius 1 is 1.55 bits per heavy atom. The Morgan fingerprint density at radius 3 is 2.95 bits per heavy atom. The smallest absolute Gasteiger partial charge is 0.410 e. The summed E-state index contributed by atoms with van der Waals surface area (Å²) >= 11 is 5.79. The molecule has 0 spiro atoms. The van der Waals surface area contributed by atoms with Crippen molar-refractivity contribution < 1.29 is 9.53 Å². The van der Waals surface area contributed by atoms with Crippen LogP contribution in [0.3, 0.4) is 0 Å². The van der Waals surface area contributed by atoms with Gasteiger partial charge in [-0.25, -0.2) is 14.8 Å². The summed E-state index contributed by atoms with van der Waals surface area (Å²) in [5.74, 6) is 1.19. The molecule has 120 valence electrons. The molecule has 1 saturated heterocycles. The molecule has 2 atom stereocenters. The summed E-state index contributed by atoms with van der Waals surface area (Å²) in [6.07, 6.45) is 8.21. The molecule has 1 amide bonds. The number of ether oxygens (including phenoxy) is 1. The summed E-state index contributed by atoms with van der Waals surface area (Å²) < 4.78 is 5.20. The van der Waals surface area contributed by atoms with E-state index in [1.807, 2.05) is 4.90 Å². The summed E-state index contributed by atoms with van der Waals surface area (Å²) in [5, 5.41) is 0.532. The van der Waals surface area contributed by atoms with E-state index >= 15 is 0 Å². The second kappa shape index (κ2) is 8.13. The van der Waals surface area contributed by atoms with Gasteiger partial charge in [0.25, 0.3) is 0 Å². The van der Waals surface area contributed by atoms with E-state index in [9.17, 15) is 4.79 Å². The average molecular weight is 324 g/mol. The van der Waals surface area contributed by atoms with Crippen molar-refractivity contribution in [2.45, 2.75) is 38.6 Å². The van der Waals surface area contributed by atoms with Gasteiger partial charge in [-0.05, 0) is 25.2 Å². The van der Waals surface area contributed by atoms with Crippen LogP contribution in [0.15, 0.2) is 25.0 Å². The van der Waals surface area contributed by atoms with Crippen LogP contribution in [0, 0.1) is 5.92 Å². The molecule has 0 aliphatic carbocycles. The second-order valence-electron chi connectivity index (χ2n) is 5.60. The van der Waals surface area contributed by atoms with E-state index in [1.54, 1.807) is 18.5 Å². The average Bonchev–Trinajstić information content (AvgIpc) is 2.52. The summed E-state index contributed by atoms with van der Waals surface area (Å²) in [7, 11) is 0. The second-order valence-corrected chi connectivity index (χ2v) is 6.04. The molecule has 2 rings (SSSR count). The van der Waals surface area contributed by atoms with E-state index in [-0.39, 0.29) is 18.7 Å². The highest BCUT2D eigenvalue weighted by Crippen LogP contribution is 2.27. The first-order valence-electron chi connectivity index (χ1n) is 7.62. The van der Waals surface area contributed by atoms with Gasteiger partial charge in [-0.1, -0.05) is 31.2 Å². The zero-order valence-electron chi connectivity index (χ0n) is 12.9. The van der Waals surface area contributed by atoms with Crippen molar-refractivity contribution in [3.8, 4) is 0 Å². The first kappa shape index (κ1) is 16.7. The molecule has 6 heteroatoms. The van der Waals surface area contributed by atoms with E-state index in [4.69, 9.17) is 16.3 Å². The molecule has 2 heterocycles. The third-order valence-electron chi connectivity index (χ3n) is 4.01. The minimum absolute atomic E-state index is 0.158. The number of aryl methyl sites for hydroxylation is 1. The monoisotopic (exact) mass is 323 g/mol. The molecular formula is C16H22ClN3O2. The van der Waals surface area contributed by atoms with Crippen molar-refractivity contribution in [1.82, 2.24) is 14.9 Å². The van der Waals surface area contributed by atoms with Crippen LogP contribution in [0.2, 0.25) is 5.02 Å². The predicted octanol–water partition coefficient (Wildman–Crippen LogP) is 3.49.